The summed E-state index contributed by atoms with van der Waals surface area (Å²) in [5, 5.41) is 9.82. The van der Waals surface area contributed by atoms with E-state index in [9.17, 15) is 9.90 Å². The van der Waals surface area contributed by atoms with Gasteiger partial charge in [0.25, 0.3) is 0 Å². The van der Waals surface area contributed by atoms with E-state index in [1.165, 1.54) is 12.0 Å². The van der Waals surface area contributed by atoms with Crippen molar-refractivity contribution < 1.29 is 9.90 Å². The van der Waals surface area contributed by atoms with Crippen LogP contribution in [0.1, 0.15) is 46.0 Å². The van der Waals surface area contributed by atoms with Crippen molar-refractivity contribution in [2.24, 2.45) is 23.2 Å². The topological polar surface area (TPSA) is 37.3 Å². The number of aliphatic hydroxyl groups is 1. The summed E-state index contributed by atoms with van der Waals surface area (Å²) in [5.74, 6) is 1.08. The van der Waals surface area contributed by atoms with Crippen molar-refractivity contribution in [2.75, 3.05) is 0 Å². The molecule has 2 aliphatic rings. The van der Waals surface area contributed by atoms with E-state index in [1.807, 2.05) is 0 Å². The minimum Gasteiger partial charge on any atom is -0.393 e. The number of rotatable bonds is 2. The van der Waals surface area contributed by atoms with Gasteiger partial charge in [0.15, 0.2) is 0 Å². The molecule has 1 N–H and O–H groups in total. The molecule has 0 aliphatic heterocycles. The van der Waals surface area contributed by atoms with Gasteiger partial charge in [-0.2, -0.15) is 0 Å². The minimum atomic E-state index is -0.283. The van der Waals surface area contributed by atoms with Crippen LogP contribution in [0.3, 0.4) is 0 Å². The van der Waals surface area contributed by atoms with Crippen LogP contribution in [0.5, 0.6) is 0 Å². The molecule has 0 radical (unpaired) electrons. The van der Waals surface area contributed by atoms with Crippen LogP contribution in [0, 0.1) is 23.2 Å². The summed E-state index contributed by atoms with van der Waals surface area (Å²) in [5.41, 5.74) is 1.40. The van der Waals surface area contributed by atoms with Crippen LogP contribution in [0.25, 0.3) is 0 Å². The van der Waals surface area contributed by atoms with E-state index in [-0.39, 0.29) is 17.4 Å². The average molecular weight is 236 g/mol. The Morgan fingerprint density at radius 1 is 1.47 bits per heavy atom. The van der Waals surface area contributed by atoms with E-state index >= 15 is 0 Å². The third-order valence-electron chi connectivity index (χ3n) is 5.32. The molecule has 2 saturated carbocycles. The lowest BCUT2D eigenvalue weighted by atomic mass is 9.59. The standard InChI is InChI=1S/C15H24O2/c1-10(2)12-4-5-15(8-12)11(3)6-14(17)7-13(15)9-16/h9,11-14,17H,1,4-8H2,2-3H3/t11-,12+,13+,14+,15-/m1/s1. The largest absolute Gasteiger partial charge is 0.393 e. The Balaban J connectivity index is 2.22. The summed E-state index contributed by atoms with van der Waals surface area (Å²) >= 11 is 0. The van der Waals surface area contributed by atoms with Crippen LogP contribution < -0.4 is 0 Å². The zero-order chi connectivity index (χ0) is 12.6. The predicted molar refractivity (Wildman–Crippen MR) is 68.5 cm³/mol. The number of aliphatic hydroxyl groups excluding tert-OH is 1. The first-order chi connectivity index (χ1) is 7.99. The van der Waals surface area contributed by atoms with Gasteiger partial charge in [-0.3, -0.25) is 0 Å². The lowest BCUT2D eigenvalue weighted by Gasteiger charge is -2.46. The molecule has 2 rings (SSSR count). The number of carbonyl (C=O) groups is 1. The highest BCUT2D eigenvalue weighted by molar-refractivity contribution is 5.56. The third kappa shape index (κ3) is 2.08. The highest BCUT2D eigenvalue weighted by atomic mass is 16.3. The Hall–Kier alpha value is -0.630. The molecule has 2 fully saturated rings. The second-order valence-corrected chi connectivity index (χ2v) is 6.29. The number of allylic oxidation sites excluding steroid dienone is 1. The molecule has 2 heteroatoms. The molecule has 1 spiro atoms. The second kappa shape index (κ2) is 4.56. The first kappa shape index (κ1) is 12.8. The van der Waals surface area contributed by atoms with Gasteiger partial charge in [0, 0.05) is 5.92 Å². The summed E-state index contributed by atoms with van der Waals surface area (Å²) in [6.07, 6.45) is 5.72. The highest BCUT2D eigenvalue weighted by Crippen LogP contribution is 2.57. The van der Waals surface area contributed by atoms with E-state index in [1.54, 1.807) is 0 Å². The van der Waals surface area contributed by atoms with Crippen molar-refractivity contribution in [3.05, 3.63) is 12.2 Å². The molecule has 0 aromatic rings. The van der Waals surface area contributed by atoms with Crippen LogP contribution >= 0.6 is 0 Å². The number of carbonyl (C=O) groups excluding carboxylic acids is 1. The SMILES string of the molecule is C=C(C)[C@H]1CC[C@@]2(C1)[C@H](C)C[C@H](O)C[C@H]2C=O. The van der Waals surface area contributed by atoms with Gasteiger partial charge in [0.2, 0.25) is 0 Å². The monoisotopic (exact) mass is 236 g/mol. The molecule has 0 saturated heterocycles. The van der Waals surface area contributed by atoms with Gasteiger partial charge >= 0.3 is 0 Å². The van der Waals surface area contributed by atoms with Crippen molar-refractivity contribution in [1.82, 2.24) is 0 Å². The second-order valence-electron chi connectivity index (χ2n) is 6.29. The molecule has 0 bridgehead atoms. The molecule has 96 valence electrons. The van der Waals surface area contributed by atoms with Crippen LogP contribution in [-0.4, -0.2) is 17.5 Å². The molecule has 5 atom stereocenters. The number of hydrogen-bond acceptors (Lipinski definition) is 2. The molecule has 0 unspecified atom stereocenters. The third-order valence-corrected chi connectivity index (χ3v) is 5.32. The van der Waals surface area contributed by atoms with Gasteiger partial charge in [-0.1, -0.05) is 19.1 Å². The summed E-state index contributed by atoms with van der Waals surface area (Å²) < 4.78 is 0. The van der Waals surface area contributed by atoms with Crippen molar-refractivity contribution in [2.45, 2.75) is 52.1 Å². The summed E-state index contributed by atoms with van der Waals surface area (Å²) in [6, 6.07) is 0. The smallest absolute Gasteiger partial charge is 0.123 e. The van der Waals surface area contributed by atoms with Crippen molar-refractivity contribution in [1.29, 1.82) is 0 Å². The molecule has 2 aliphatic carbocycles. The minimum absolute atomic E-state index is 0.0469. The van der Waals surface area contributed by atoms with E-state index in [0.29, 0.717) is 18.3 Å². The lowest BCUT2D eigenvalue weighted by molar-refractivity contribution is -0.123. The Bertz CT molecular complexity index is 323. The molecule has 0 amide bonds. The van der Waals surface area contributed by atoms with Gasteiger partial charge in [0.1, 0.15) is 6.29 Å². The van der Waals surface area contributed by atoms with Crippen LogP contribution in [0.2, 0.25) is 0 Å². The van der Waals surface area contributed by atoms with Crippen LogP contribution in [-0.2, 0) is 4.79 Å². The fourth-order valence-corrected chi connectivity index (χ4v) is 4.13. The first-order valence-corrected chi connectivity index (χ1v) is 6.78. The Kier molecular flexibility index (Phi) is 3.44. The van der Waals surface area contributed by atoms with Gasteiger partial charge in [-0.25, -0.2) is 0 Å². The summed E-state index contributed by atoms with van der Waals surface area (Å²) in [4.78, 5) is 11.4. The van der Waals surface area contributed by atoms with Crippen LogP contribution in [0.4, 0.5) is 0 Å². The molecule has 17 heavy (non-hydrogen) atoms. The van der Waals surface area contributed by atoms with Crippen molar-refractivity contribution in [3.63, 3.8) is 0 Å². The molecular weight excluding hydrogens is 212 g/mol. The van der Waals surface area contributed by atoms with E-state index in [2.05, 4.69) is 20.4 Å². The fraction of sp³-hybridized carbons (Fsp3) is 0.800. The molecule has 0 aromatic carbocycles. The average Bonchev–Trinajstić information content (AvgIpc) is 2.70. The van der Waals surface area contributed by atoms with Gasteiger partial charge in [-0.05, 0) is 56.3 Å². The van der Waals surface area contributed by atoms with Crippen molar-refractivity contribution in [3.8, 4) is 0 Å². The summed E-state index contributed by atoms with van der Waals surface area (Å²) in [7, 11) is 0. The number of aldehydes is 1. The number of hydrogen-bond donors (Lipinski definition) is 1. The maximum Gasteiger partial charge on any atom is 0.123 e. The van der Waals surface area contributed by atoms with Crippen LogP contribution in [0.15, 0.2) is 12.2 Å². The normalized spacial score (nSPS) is 46.1. The molecule has 0 heterocycles. The quantitative estimate of drug-likeness (QED) is 0.591. The Morgan fingerprint density at radius 2 is 2.18 bits per heavy atom. The van der Waals surface area contributed by atoms with Gasteiger partial charge in [-0.15, -0.1) is 0 Å². The maximum atomic E-state index is 11.4. The molecule has 0 aromatic heterocycles. The fourth-order valence-electron chi connectivity index (χ4n) is 4.13. The highest BCUT2D eigenvalue weighted by Gasteiger charge is 2.51. The first-order valence-electron chi connectivity index (χ1n) is 6.78. The van der Waals surface area contributed by atoms with E-state index in [0.717, 1.165) is 25.5 Å². The summed E-state index contributed by atoms with van der Waals surface area (Å²) in [6.45, 7) is 8.38. The van der Waals surface area contributed by atoms with E-state index in [4.69, 9.17) is 0 Å². The molecule has 2 nitrogen and oxygen atoms in total. The van der Waals surface area contributed by atoms with E-state index < -0.39 is 0 Å². The lowest BCUT2D eigenvalue weighted by Crippen LogP contribution is -2.43. The predicted octanol–water partition coefficient (Wildman–Crippen LogP) is 2.95. The van der Waals surface area contributed by atoms with Gasteiger partial charge in [0.05, 0.1) is 6.10 Å². The molecular formula is C15H24O2. The Labute approximate surface area is 104 Å². The zero-order valence-electron chi connectivity index (χ0n) is 11.0. The van der Waals surface area contributed by atoms with Gasteiger partial charge < -0.3 is 9.90 Å². The maximum absolute atomic E-state index is 11.4. The van der Waals surface area contributed by atoms with Crippen molar-refractivity contribution >= 4 is 6.29 Å². The Morgan fingerprint density at radius 3 is 2.71 bits per heavy atom. The zero-order valence-corrected chi connectivity index (χ0v) is 11.0.